The number of nitrogens with zero attached hydrogens (tertiary/aromatic N) is 4. The zero-order chi connectivity index (χ0) is 25.3. The van der Waals surface area contributed by atoms with E-state index in [0.717, 1.165) is 17.1 Å². The minimum Gasteiger partial charge on any atom is -0.338 e. The lowest BCUT2D eigenvalue weighted by molar-refractivity contribution is -0.187. The number of piperazine rings is 1. The lowest BCUT2D eigenvalue weighted by atomic mass is 10.1. The summed E-state index contributed by atoms with van der Waals surface area (Å²) < 4.78 is 40.7. The Hall–Kier alpha value is -3.14. The van der Waals surface area contributed by atoms with Crippen molar-refractivity contribution >= 4 is 17.6 Å². The lowest BCUT2D eigenvalue weighted by Gasteiger charge is -2.37. The molecule has 0 spiro atoms. The molecule has 2 aliphatic heterocycles. The molecule has 2 aliphatic rings. The van der Waals surface area contributed by atoms with Gasteiger partial charge in [-0.2, -0.15) is 13.2 Å². The number of carbonyl (C=O) groups excluding carboxylic acids is 3. The number of ketones is 1. The zero-order valence-corrected chi connectivity index (χ0v) is 19.8. The van der Waals surface area contributed by atoms with E-state index in [1.807, 2.05) is 59.7 Å². The molecule has 1 atom stereocenters. The summed E-state index contributed by atoms with van der Waals surface area (Å²) in [5.41, 5.74) is 3.46. The van der Waals surface area contributed by atoms with Crippen LogP contribution in [0.4, 0.5) is 13.2 Å². The third kappa shape index (κ3) is 5.12. The predicted molar refractivity (Wildman–Crippen MR) is 123 cm³/mol. The fourth-order valence-electron chi connectivity index (χ4n) is 5.07. The van der Waals surface area contributed by atoms with Gasteiger partial charge < -0.3 is 14.4 Å². The van der Waals surface area contributed by atoms with Crippen LogP contribution in [0.25, 0.3) is 5.69 Å². The predicted octanol–water partition coefficient (Wildman–Crippen LogP) is 2.97. The highest BCUT2D eigenvalue weighted by Gasteiger charge is 2.48. The first-order valence-corrected chi connectivity index (χ1v) is 11.7. The molecule has 0 N–H and O–H groups in total. The van der Waals surface area contributed by atoms with Gasteiger partial charge in [0.25, 0.3) is 0 Å². The number of hydrogen-bond donors (Lipinski definition) is 0. The van der Waals surface area contributed by atoms with Crippen molar-refractivity contribution in [3.05, 3.63) is 53.3 Å². The quantitative estimate of drug-likeness (QED) is 0.605. The molecule has 1 aromatic heterocycles. The van der Waals surface area contributed by atoms with Gasteiger partial charge in [-0.05, 0) is 44.9 Å². The molecule has 7 nitrogen and oxygen atoms in total. The van der Waals surface area contributed by atoms with E-state index in [1.54, 1.807) is 0 Å². The summed E-state index contributed by atoms with van der Waals surface area (Å²) in [6.45, 7) is 5.49. The number of benzene rings is 1. The van der Waals surface area contributed by atoms with E-state index >= 15 is 0 Å². The van der Waals surface area contributed by atoms with Gasteiger partial charge in [-0.25, -0.2) is 0 Å². The normalized spacial score (nSPS) is 19.3. The molecular weight excluding hydrogens is 461 g/mol. The summed E-state index contributed by atoms with van der Waals surface area (Å²) in [6, 6.07) is 10.6. The van der Waals surface area contributed by atoms with Crippen molar-refractivity contribution in [2.75, 3.05) is 39.3 Å². The molecule has 2 aromatic rings. The van der Waals surface area contributed by atoms with Crippen molar-refractivity contribution in [1.29, 1.82) is 0 Å². The number of likely N-dealkylation sites (tertiary alicyclic amines) is 1. The van der Waals surface area contributed by atoms with Gasteiger partial charge in [-0.15, -0.1) is 0 Å². The molecule has 2 fully saturated rings. The second kappa shape index (κ2) is 9.85. The standard InChI is InChI=1S/C25H29F3N4O3/c1-17-15-20(18(2)32(17)19-7-4-3-5-8-19)22(33)16-29-11-13-30(14-12-29)23(34)21-9-6-10-31(21)24(35)25(26,27)28/h3-5,7-8,15,21H,6,9-14,16H2,1-2H3. The van der Waals surface area contributed by atoms with E-state index in [9.17, 15) is 27.6 Å². The number of carbonyl (C=O) groups is 3. The monoisotopic (exact) mass is 490 g/mol. The van der Waals surface area contributed by atoms with Crippen LogP contribution in [0.3, 0.4) is 0 Å². The molecule has 10 heteroatoms. The van der Waals surface area contributed by atoms with Crippen LogP contribution in [-0.2, 0) is 9.59 Å². The second-order valence-electron chi connectivity index (χ2n) is 9.13. The molecule has 2 saturated heterocycles. The number of hydrogen-bond acceptors (Lipinski definition) is 4. The van der Waals surface area contributed by atoms with E-state index in [0.29, 0.717) is 43.1 Å². The molecular formula is C25H29F3N4O3. The van der Waals surface area contributed by atoms with Crippen LogP contribution in [0.1, 0.15) is 34.6 Å². The van der Waals surface area contributed by atoms with E-state index in [4.69, 9.17) is 0 Å². The average molecular weight is 491 g/mol. The topological polar surface area (TPSA) is 65.9 Å². The molecule has 0 saturated carbocycles. The van der Waals surface area contributed by atoms with Crippen molar-refractivity contribution in [3.63, 3.8) is 0 Å². The third-order valence-electron chi connectivity index (χ3n) is 6.84. The largest absolute Gasteiger partial charge is 0.471 e. The van der Waals surface area contributed by atoms with Gasteiger partial charge in [0.15, 0.2) is 5.78 Å². The van der Waals surface area contributed by atoms with Crippen molar-refractivity contribution in [1.82, 2.24) is 19.3 Å². The van der Waals surface area contributed by atoms with Crippen LogP contribution in [0, 0.1) is 13.8 Å². The second-order valence-corrected chi connectivity index (χ2v) is 9.13. The Morgan fingerprint density at radius 2 is 1.63 bits per heavy atom. The Bertz CT molecular complexity index is 1110. The first-order valence-electron chi connectivity index (χ1n) is 11.7. The number of amides is 2. The fourth-order valence-corrected chi connectivity index (χ4v) is 5.07. The number of aromatic nitrogens is 1. The van der Waals surface area contributed by atoms with Crippen LogP contribution < -0.4 is 0 Å². The van der Waals surface area contributed by atoms with Gasteiger partial charge in [-0.3, -0.25) is 19.3 Å². The smallest absolute Gasteiger partial charge is 0.338 e. The summed E-state index contributed by atoms with van der Waals surface area (Å²) in [7, 11) is 0. The fraction of sp³-hybridized carbons (Fsp3) is 0.480. The number of Topliss-reactive ketones (excluding diaryl/α,β-unsaturated/α-hetero) is 1. The first-order chi connectivity index (χ1) is 16.6. The van der Waals surface area contributed by atoms with Crippen molar-refractivity contribution in [3.8, 4) is 5.69 Å². The third-order valence-corrected chi connectivity index (χ3v) is 6.84. The summed E-state index contributed by atoms with van der Waals surface area (Å²) in [5, 5.41) is 0. The van der Waals surface area contributed by atoms with E-state index in [-0.39, 0.29) is 25.3 Å². The van der Waals surface area contributed by atoms with Gasteiger partial charge >= 0.3 is 12.1 Å². The van der Waals surface area contributed by atoms with Crippen LogP contribution in [-0.4, -0.2) is 88.4 Å². The molecule has 1 aromatic carbocycles. The average Bonchev–Trinajstić information content (AvgIpc) is 3.43. The molecule has 2 amide bonds. The summed E-state index contributed by atoms with van der Waals surface area (Å²) >= 11 is 0. The Morgan fingerprint density at radius 3 is 2.26 bits per heavy atom. The SMILES string of the molecule is Cc1cc(C(=O)CN2CCN(C(=O)C3CCCN3C(=O)C(F)(F)F)CC2)c(C)n1-c1ccccc1. The summed E-state index contributed by atoms with van der Waals surface area (Å²) in [6.07, 6.45) is -4.39. The molecule has 0 bridgehead atoms. The van der Waals surface area contributed by atoms with Crippen LogP contribution in [0.5, 0.6) is 0 Å². The van der Waals surface area contributed by atoms with Gasteiger partial charge in [0, 0.05) is 55.4 Å². The highest BCUT2D eigenvalue weighted by Crippen LogP contribution is 2.27. The molecule has 35 heavy (non-hydrogen) atoms. The van der Waals surface area contributed by atoms with Crippen molar-refractivity contribution < 1.29 is 27.6 Å². The van der Waals surface area contributed by atoms with Crippen molar-refractivity contribution in [2.24, 2.45) is 0 Å². The van der Waals surface area contributed by atoms with Crippen LogP contribution in [0.2, 0.25) is 0 Å². The Labute approximate surface area is 202 Å². The van der Waals surface area contributed by atoms with Crippen LogP contribution >= 0.6 is 0 Å². The Balaban J connectivity index is 1.36. The molecule has 1 unspecified atom stereocenters. The Kier molecular flexibility index (Phi) is 7.02. The number of aryl methyl sites for hydroxylation is 1. The highest BCUT2D eigenvalue weighted by molar-refractivity contribution is 5.99. The maximum atomic E-state index is 13.1. The number of para-hydroxylation sites is 1. The molecule has 4 rings (SSSR count). The van der Waals surface area contributed by atoms with E-state index < -0.39 is 24.0 Å². The van der Waals surface area contributed by atoms with E-state index in [1.165, 1.54) is 4.90 Å². The molecule has 3 heterocycles. The Morgan fingerprint density at radius 1 is 0.971 bits per heavy atom. The maximum Gasteiger partial charge on any atom is 0.471 e. The maximum absolute atomic E-state index is 13.1. The number of halogens is 3. The molecule has 0 aliphatic carbocycles. The van der Waals surface area contributed by atoms with Gasteiger partial charge in [-0.1, -0.05) is 18.2 Å². The number of rotatable bonds is 5. The summed E-state index contributed by atoms with van der Waals surface area (Å²) in [4.78, 5) is 41.8. The highest BCUT2D eigenvalue weighted by atomic mass is 19.4. The van der Waals surface area contributed by atoms with Gasteiger partial charge in [0.2, 0.25) is 5.91 Å². The van der Waals surface area contributed by atoms with Gasteiger partial charge in [0.05, 0.1) is 6.54 Å². The van der Waals surface area contributed by atoms with Crippen LogP contribution in [0.15, 0.2) is 36.4 Å². The van der Waals surface area contributed by atoms with E-state index in [2.05, 4.69) is 0 Å². The molecule has 188 valence electrons. The minimum atomic E-state index is -4.99. The zero-order valence-electron chi connectivity index (χ0n) is 19.8. The minimum absolute atomic E-state index is 0.0159. The van der Waals surface area contributed by atoms with Crippen molar-refractivity contribution in [2.45, 2.75) is 38.9 Å². The lowest BCUT2D eigenvalue weighted by Crippen LogP contribution is -2.56. The first kappa shape index (κ1) is 25.0. The number of alkyl halides is 3. The summed E-state index contributed by atoms with van der Waals surface area (Å²) in [5.74, 6) is -2.42. The molecule has 0 radical (unpaired) electrons. The van der Waals surface area contributed by atoms with Gasteiger partial charge in [0.1, 0.15) is 6.04 Å².